The molecule has 2 N–H and O–H groups in total. The maximum Gasteiger partial charge on any atom is 0.226 e. The molecule has 1 amide bonds. The van der Waals surface area contributed by atoms with E-state index in [2.05, 4.69) is 25.7 Å². The summed E-state index contributed by atoms with van der Waals surface area (Å²) in [7, 11) is 0. The van der Waals surface area contributed by atoms with E-state index in [1.165, 1.54) is 6.42 Å². The number of amides is 1. The summed E-state index contributed by atoms with van der Waals surface area (Å²) in [4.78, 5) is 14.9. The van der Waals surface area contributed by atoms with Crippen molar-refractivity contribution in [2.45, 2.75) is 58.9 Å². The molecule has 1 saturated heterocycles. The van der Waals surface area contributed by atoms with E-state index < -0.39 is 0 Å². The van der Waals surface area contributed by atoms with Gasteiger partial charge in [0.1, 0.15) is 0 Å². The minimum atomic E-state index is 0.166. The van der Waals surface area contributed by atoms with Gasteiger partial charge in [0.25, 0.3) is 0 Å². The molecule has 5 unspecified atom stereocenters. The highest BCUT2D eigenvalue weighted by Crippen LogP contribution is 2.34. The summed E-state index contributed by atoms with van der Waals surface area (Å²) in [6, 6.07) is 0.205. The minimum Gasteiger partial charge on any atom is -0.342 e. The van der Waals surface area contributed by atoms with Crippen LogP contribution in [0.3, 0.4) is 0 Å². The van der Waals surface area contributed by atoms with E-state index in [9.17, 15) is 4.79 Å². The Morgan fingerprint density at radius 2 is 1.79 bits per heavy atom. The van der Waals surface area contributed by atoms with Crippen molar-refractivity contribution in [1.29, 1.82) is 0 Å². The first-order valence-electron chi connectivity index (χ1n) is 8.03. The number of likely N-dealkylation sites (tertiary alicyclic amines) is 1. The van der Waals surface area contributed by atoms with Crippen molar-refractivity contribution >= 4 is 5.91 Å². The fourth-order valence-electron chi connectivity index (χ4n) is 3.75. The second kappa shape index (κ2) is 6.25. The van der Waals surface area contributed by atoms with Gasteiger partial charge < -0.3 is 10.6 Å². The molecule has 110 valence electrons. The molecule has 3 heteroatoms. The molecule has 1 saturated carbocycles. The van der Waals surface area contributed by atoms with Crippen LogP contribution in [0.25, 0.3) is 0 Å². The first-order valence-corrected chi connectivity index (χ1v) is 8.03. The maximum absolute atomic E-state index is 12.7. The van der Waals surface area contributed by atoms with Gasteiger partial charge in [-0.25, -0.2) is 0 Å². The molecule has 2 rings (SSSR count). The van der Waals surface area contributed by atoms with Crippen molar-refractivity contribution in [3.05, 3.63) is 0 Å². The second-order valence-electron chi connectivity index (χ2n) is 7.06. The summed E-state index contributed by atoms with van der Waals surface area (Å²) in [5.41, 5.74) is 6.18. The van der Waals surface area contributed by atoms with Crippen LogP contribution in [-0.4, -0.2) is 29.9 Å². The van der Waals surface area contributed by atoms with Gasteiger partial charge in [-0.05, 0) is 49.9 Å². The van der Waals surface area contributed by atoms with Gasteiger partial charge in [-0.2, -0.15) is 0 Å². The predicted molar refractivity (Wildman–Crippen MR) is 78.6 cm³/mol. The zero-order valence-corrected chi connectivity index (χ0v) is 12.8. The molecule has 0 aromatic carbocycles. The molecule has 0 aromatic heterocycles. The van der Waals surface area contributed by atoms with Crippen molar-refractivity contribution in [2.75, 3.05) is 13.1 Å². The predicted octanol–water partition coefficient (Wildman–Crippen LogP) is 2.64. The van der Waals surface area contributed by atoms with Gasteiger partial charge in [0.05, 0.1) is 0 Å². The highest BCUT2D eigenvalue weighted by atomic mass is 16.2. The van der Waals surface area contributed by atoms with Gasteiger partial charge in [-0.1, -0.05) is 20.8 Å². The van der Waals surface area contributed by atoms with E-state index in [4.69, 9.17) is 5.73 Å². The monoisotopic (exact) mass is 266 g/mol. The summed E-state index contributed by atoms with van der Waals surface area (Å²) >= 11 is 0. The van der Waals surface area contributed by atoms with E-state index in [0.717, 1.165) is 44.7 Å². The summed E-state index contributed by atoms with van der Waals surface area (Å²) in [6.45, 7) is 8.65. The van der Waals surface area contributed by atoms with Crippen LogP contribution >= 0.6 is 0 Å². The van der Waals surface area contributed by atoms with Crippen LogP contribution < -0.4 is 5.73 Å². The third kappa shape index (κ3) is 3.50. The first kappa shape index (κ1) is 14.8. The van der Waals surface area contributed by atoms with Crippen molar-refractivity contribution in [3.63, 3.8) is 0 Å². The van der Waals surface area contributed by atoms with Crippen LogP contribution in [0.1, 0.15) is 52.9 Å². The lowest BCUT2D eigenvalue weighted by atomic mass is 9.72. The average molecular weight is 266 g/mol. The Morgan fingerprint density at radius 3 is 2.53 bits per heavy atom. The van der Waals surface area contributed by atoms with Crippen LogP contribution in [0.5, 0.6) is 0 Å². The van der Waals surface area contributed by atoms with E-state index in [-0.39, 0.29) is 12.0 Å². The molecule has 5 atom stereocenters. The summed E-state index contributed by atoms with van der Waals surface area (Å²) in [5, 5.41) is 0. The number of carbonyl (C=O) groups is 1. The highest BCUT2D eigenvalue weighted by molar-refractivity contribution is 5.79. The zero-order chi connectivity index (χ0) is 14.0. The van der Waals surface area contributed by atoms with Gasteiger partial charge in [0.15, 0.2) is 0 Å². The number of rotatable bonds is 1. The van der Waals surface area contributed by atoms with E-state index >= 15 is 0 Å². The second-order valence-corrected chi connectivity index (χ2v) is 7.06. The third-order valence-corrected chi connectivity index (χ3v) is 5.33. The normalized spacial score (nSPS) is 40.8. The molecule has 0 radical (unpaired) electrons. The Morgan fingerprint density at radius 1 is 1.05 bits per heavy atom. The number of hydrogen-bond acceptors (Lipinski definition) is 2. The largest absolute Gasteiger partial charge is 0.342 e. The Kier molecular flexibility index (Phi) is 4.88. The Bertz CT molecular complexity index is 318. The number of nitrogens with two attached hydrogens (primary N) is 1. The van der Waals surface area contributed by atoms with Crippen LogP contribution in [0.15, 0.2) is 0 Å². The van der Waals surface area contributed by atoms with Crippen LogP contribution in [0.4, 0.5) is 0 Å². The summed E-state index contributed by atoms with van der Waals surface area (Å²) in [6.07, 6.45) is 5.57. The molecule has 0 spiro atoms. The minimum absolute atomic E-state index is 0.166. The molecule has 0 bridgehead atoms. The number of nitrogens with zero attached hydrogens (tertiary/aromatic N) is 1. The number of carbonyl (C=O) groups excluding carboxylic acids is 1. The molecule has 19 heavy (non-hydrogen) atoms. The lowest BCUT2D eigenvalue weighted by molar-refractivity contribution is -0.139. The Labute approximate surface area is 117 Å². The molecule has 3 nitrogen and oxygen atoms in total. The average Bonchev–Trinajstić information content (AvgIpc) is 2.58. The fourth-order valence-corrected chi connectivity index (χ4v) is 3.75. The molecule has 1 heterocycles. The topological polar surface area (TPSA) is 46.3 Å². The van der Waals surface area contributed by atoms with Gasteiger partial charge in [-0.15, -0.1) is 0 Å². The molecular weight excluding hydrogens is 236 g/mol. The maximum atomic E-state index is 12.7. The van der Waals surface area contributed by atoms with Crippen molar-refractivity contribution in [2.24, 2.45) is 29.4 Å². The molecule has 1 aliphatic carbocycles. The van der Waals surface area contributed by atoms with E-state index in [0.29, 0.717) is 17.7 Å². The summed E-state index contributed by atoms with van der Waals surface area (Å²) < 4.78 is 0. The molecular formula is C16H30N2O. The van der Waals surface area contributed by atoms with Gasteiger partial charge in [0, 0.05) is 25.0 Å². The smallest absolute Gasteiger partial charge is 0.226 e. The van der Waals surface area contributed by atoms with Crippen molar-refractivity contribution in [3.8, 4) is 0 Å². The van der Waals surface area contributed by atoms with Crippen molar-refractivity contribution in [1.82, 2.24) is 4.90 Å². The van der Waals surface area contributed by atoms with Gasteiger partial charge in [-0.3, -0.25) is 4.79 Å². The van der Waals surface area contributed by atoms with Crippen molar-refractivity contribution < 1.29 is 4.79 Å². The zero-order valence-electron chi connectivity index (χ0n) is 12.8. The Hall–Kier alpha value is -0.570. The standard InChI is InChI=1S/C16H30N2O/c1-11-5-4-7-18(8-6-11)16(19)14-10-15(17)13(3)9-12(14)2/h11-15H,4-10,17H2,1-3H3. The lowest BCUT2D eigenvalue weighted by Crippen LogP contribution is -2.46. The van der Waals surface area contributed by atoms with E-state index in [1.807, 2.05) is 0 Å². The fraction of sp³-hybridized carbons (Fsp3) is 0.938. The van der Waals surface area contributed by atoms with Gasteiger partial charge >= 0.3 is 0 Å². The number of hydrogen-bond donors (Lipinski definition) is 1. The highest BCUT2D eigenvalue weighted by Gasteiger charge is 2.37. The lowest BCUT2D eigenvalue weighted by Gasteiger charge is -2.38. The van der Waals surface area contributed by atoms with Crippen LogP contribution in [0.2, 0.25) is 0 Å². The molecule has 2 fully saturated rings. The van der Waals surface area contributed by atoms with Crippen LogP contribution in [-0.2, 0) is 4.79 Å². The molecule has 1 aliphatic heterocycles. The summed E-state index contributed by atoms with van der Waals surface area (Å²) in [5.74, 6) is 2.36. The van der Waals surface area contributed by atoms with E-state index in [1.54, 1.807) is 0 Å². The Balaban J connectivity index is 1.98. The molecule has 0 aromatic rings. The SMILES string of the molecule is CC1CCCN(C(=O)C2CC(N)C(C)CC2C)CC1. The third-order valence-electron chi connectivity index (χ3n) is 5.33. The first-order chi connectivity index (χ1) is 8.99. The molecule has 2 aliphatic rings. The van der Waals surface area contributed by atoms with Gasteiger partial charge in [0.2, 0.25) is 5.91 Å². The van der Waals surface area contributed by atoms with Crippen LogP contribution in [0, 0.1) is 23.7 Å². The quantitative estimate of drug-likeness (QED) is 0.793.